The highest BCUT2D eigenvalue weighted by molar-refractivity contribution is 7.92. The molecule has 116 valence electrons. The van der Waals surface area contributed by atoms with Crippen molar-refractivity contribution in [2.75, 3.05) is 4.72 Å². The molecule has 0 aliphatic carbocycles. The third-order valence-corrected chi connectivity index (χ3v) is 4.71. The van der Waals surface area contributed by atoms with Crippen LogP contribution < -0.4 is 4.72 Å². The Kier molecular flexibility index (Phi) is 4.34. The fourth-order valence-electron chi connectivity index (χ4n) is 1.72. The van der Waals surface area contributed by atoms with Gasteiger partial charge in [0.15, 0.2) is 0 Å². The second-order valence-electron chi connectivity index (χ2n) is 4.39. The van der Waals surface area contributed by atoms with Crippen LogP contribution in [-0.4, -0.2) is 13.3 Å². The van der Waals surface area contributed by atoms with E-state index in [0.717, 1.165) is 12.1 Å². The van der Waals surface area contributed by atoms with Gasteiger partial charge in [-0.3, -0.25) is 14.8 Å². The quantitative estimate of drug-likeness (QED) is 0.679. The molecule has 9 heteroatoms. The van der Waals surface area contributed by atoms with E-state index in [2.05, 4.69) is 4.72 Å². The van der Waals surface area contributed by atoms with Crippen molar-refractivity contribution in [1.29, 1.82) is 0 Å². The number of benzene rings is 2. The van der Waals surface area contributed by atoms with Crippen LogP contribution in [0.3, 0.4) is 0 Å². The molecule has 0 aliphatic heterocycles. The van der Waals surface area contributed by atoms with E-state index in [1.54, 1.807) is 19.1 Å². The first-order chi connectivity index (χ1) is 10.2. The first kappa shape index (κ1) is 16.2. The van der Waals surface area contributed by atoms with Crippen molar-refractivity contribution in [3.8, 4) is 0 Å². The van der Waals surface area contributed by atoms with Gasteiger partial charge in [0.1, 0.15) is 0 Å². The predicted molar refractivity (Wildman–Crippen MR) is 80.1 cm³/mol. The highest BCUT2D eigenvalue weighted by Gasteiger charge is 2.22. The van der Waals surface area contributed by atoms with Crippen molar-refractivity contribution in [2.45, 2.75) is 11.8 Å². The van der Waals surface area contributed by atoms with Crippen molar-refractivity contribution in [3.05, 3.63) is 62.9 Å². The van der Waals surface area contributed by atoms with Crippen LogP contribution in [-0.2, 0) is 10.0 Å². The highest BCUT2D eigenvalue weighted by Crippen LogP contribution is 2.27. The number of nitrogens with one attached hydrogen (secondary N) is 1. The van der Waals surface area contributed by atoms with E-state index in [-0.39, 0.29) is 5.69 Å². The number of hydrogen-bond acceptors (Lipinski definition) is 4. The van der Waals surface area contributed by atoms with E-state index in [9.17, 15) is 22.9 Å². The van der Waals surface area contributed by atoms with Gasteiger partial charge in [-0.25, -0.2) is 8.42 Å². The molecule has 0 aliphatic rings. The molecular formula is C13H10ClFN2O4S. The fraction of sp³-hybridized carbons (Fsp3) is 0.0769. The molecule has 0 fully saturated rings. The molecule has 0 radical (unpaired) electrons. The monoisotopic (exact) mass is 344 g/mol. The van der Waals surface area contributed by atoms with Gasteiger partial charge in [0.05, 0.1) is 15.5 Å². The van der Waals surface area contributed by atoms with Crippen LogP contribution in [0.5, 0.6) is 0 Å². The second-order valence-corrected chi connectivity index (χ2v) is 6.48. The molecule has 0 aromatic heterocycles. The number of hydrogen-bond donors (Lipinski definition) is 1. The fourth-order valence-corrected chi connectivity index (χ4v) is 3.04. The Morgan fingerprint density at radius 2 is 1.95 bits per heavy atom. The normalized spacial score (nSPS) is 11.2. The number of rotatable bonds is 4. The largest absolute Gasteiger partial charge is 0.306 e. The number of anilines is 1. The van der Waals surface area contributed by atoms with E-state index in [4.69, 9.17) is 11.6 Å². The van der Waals surface area contributed by atoms with Gasteiger partial charge < -0.3 is 0 Å². The van der Waals surface area contributed by atoms with Crippen molar-refractivity contribution in [2.24, 2.45) is 0 Å². The summed E-state index contributed by atoms with van der Waals surface area (Å²) in [5.41, 5.74) is -0.172. The van der Waals surface area contributed by atoms with Crippen molar-refractivity contribution >= 4 is 33.0 Å². The van der Waals surface area contributed by atoms with Gasteiger partial charge in [0.25, 0.3) is 10.0 Å². The third-order valence-electron chi connectivity index (χ3n) is 2.94. The van der Waals surface area contributed by atoms with E-state index in [0.29, 0.717) is 16.7 Å². The van der Waals surface area contributed by atoms with E-state index in [1.165, 1.54) is 6.07 Å². The van der Waals surface area contributed by atoms with Crippen LogP contribution in [0.25, 0.3) is 0 Å². The summed E-state index contributed by atoms with van der Waals surface area (Å²) in [7, 11) is -4.11. The molecule has 6 nitrogen and oxygen atoms in total. The van der Waals surface area contributed by atoms with Crippen molar-refractivity contribution in [1.82, 2.24) is 0 Å². The lowest BCUT2D eigenvalue weighted by molar-refractivity contribution is -0.387. The molecule has 0 bridgehead atoms. The lowest BCUT2D eigenvalue weighted by atomic mass is 10.2. The summed E-state index contributed by atoms with van der Waals surface area (Å²) in [6.45, 7) is 1.62. The van der Waals surface area contributed by atoms with Crippen LogP contribution in [0.4, 0.5) is 15.8 Å². The molecule has 0 unspecified atom stereocenters. The number of nitro groups is 1. The average molecular weight is 345 g/mol. The number of halogens is 2. The maximum Gasteiger partial charge on any atom is 0.306 e. The Labute approximate surface area is 130 Å². The highest BCUT2D eigenvalue weighted by atomic mass is 35.5. The zero-order valence-electron chi connectivity index (χ0n) is 11.2. The molecule has 22 heavy (non-hydrogen) atoms. The minimum absolute atomic E-state index is 0.236. The number of nitrogens with zero attached hydrogens (tertiary/aromatic N) is 1. The summed E-state index contributed by atoms with van der Waals surface area (Å²) in [6, 6.07) is 6.99. The van der Waals surface area contributed by atoms with Gasteiger partial charge in [-0.15, -0.1) is 0 Å². The van der Waals surface area contributed by atoms with Gasteiger partial charge >= 0.3 is 5.69 Å². The van der Waals surface area contributed by atoms with Gasteiger partial charge in [-0.1, -0.05) is 17.7 Å². The van der Waals surface area contributed by atoms with Gasteiger partial charge in [-0.05, 0) is 36.8 Å². The summed E-state index contributed by atoms with van der Waals surface area (Å²) in [5.74, 6) is -1.11. The Balaban J connectivity index is 2.45. The van der Waals surface area contributed by atoms with E-state index < -0.39 is 31.3 Å². The second kappa shape index (κ2) is 5.90. The summed E-state index contributed by atoms with van der Waals surface area (Å²) in [5, 5.41) is 11.1. The first-order valence-electron chi connectivity index (χ1n) is 5.94. The molecule has 0 saturated carbocycles. The molecule has 0 heterocycles. The summed E-state index contributed by atoms with van der Waals surface area (Å²) < 4.78 is 40.1. The van der Waals surface area contributed by atoms with Crippen LogP contribution in [0.2, 0.25) is 5.02 Å². The van der Waals surface area contributed by atoms with Crippen LogP contribution in [0.1, 0.15) is 5.56 Å². The summed E-state index contributed by atoms with van der Waals surface area (Å²) in [6.07, 6.45) is 0. The maximum atomic E-state index is 13.3. The van der Waals surface area contributed by atoms with Gasteiger partial charge in [0, 0.05) is 11.1 Å². The lowest BCUT2D eigenvalue weighted by Crippen LogP contribution is -2.14. The van der Waals surface area contributed by atoms with Crippen molar-refractivity contribution in [3.63, 3.8) is 0 Å². The number of nitro benzene ring substituents is 1. The van der Waals surface area contributed by atoms with Crippen LogP contribution in [0, 0.1) is 22.9 Å². The summed E-state index contributed by atoms with van der Waals surface area (Å²) in [4.78, 5) is 9.29. The Hall–Kier alpha value is -2.19. The average Bonchev–Trinajstić information content (AvgIpc) is 2.43. The first-order valence-corrected chi connectivity index (χ1v) is 7.80. The van der Waals surface area contributed by atoms with Crippen molar-refractivity contribution < 1.29 is 17.7 Å². The Morgan fingerprint density at radius 1 is 1.27 bits per heavy atom. The molecule has 2 aromatic carbocycles. The summed E-state index contributed by atoms with van der Waals surface area (Å²) >= 11 is 5.90. The minimum atomic E-state index is -4.11. The van der Waals surface area contributed by atoms with Gasteiger partial charge in [0.2, 0.25) is 5.82 Å². The zero-order valence-corrected chi connectivity index (χ0v) is 12.8. The topological polar surface area (TPSA) is 89.3 Å². The molecular weight excluding hydrogens is 335 g/mol. The predicted octanol–water partition coefficient (Wildman–Crippen LogP) is 3.50. The lowest BCUT2D eigenvalue weighted by Gasteiger charge is -2.11. The SMILES string of the molecule is Cc1c(Cl)cccc1NS(=O)(=O)c1ccc(F)c([N+](=O)[O-])c1. The molecule has 0 saturated heterocycles. The van der Waals surface area contributed by atoms with Crippen LogP contribution in [0.15, 0.2) is 41.3 Å². The molecule has 0 atom stereocenters. The van der Waals surface area contributed by atoms with E-state index >= 15 is 0 Å². The van der Waals surface area contributed by atoms with Crippen LogP contribution >= 0.6 is 11.6 Å². The smallest absolute Gasteiger partial charge is 0.279 e. The molecule has 0 amide bonds. The van der Waals surface area contributed by atoms with Gasteiger partial charge in [-0.2, -0.15) is 4.39 Å². The zero-order chi connectivity index (χ0) is 16.5. The third kappa shape index (κ3) is 3.18. The molecule has 2 aromatic rings. The molecule has 0 spiro atoms. The standard InChI is InChI=1S/C13H10ClFN2O4S/c1-8-10(14)3-2-4-12(8)16-22(20,21)9-5-6-11(15)13(7-9)17(18)19/h2-7,16H,1H3. The number of sulfonamides is 1. The minimum Gasteiger partial charge on any atom is -0.279 e. The molecule has 1 N–H and O–H groups in total. The Bertz CT molecular complexity index is 855. The maximum absolute atomic E-state index is 13.3. The molecule has 2 rings (SSSR count). The Morgan fingerprint density at radius 3 is 2.59 bits per heavy atom. The van der Waals surface area contributed by atoms with E-state index in [1.807, 2.05) is 0 Å².